The first kappa shape index (κ1) is 10.0. The van der Waals surface area contributed by atoms with Crippen LogP contribution in [0.1, 0.15) is 30.9 Å². The Morgan fingerprint density at radius 2 is 2.33 bits per heavy atom. The van der Waals surface area contributed by atoms with Crippen molar-refractivity contribution in [2.45, 2.75) is 32.7 Å². The van der Waals surface area contributed by atoms with Gasteiger partial charge in [0.2, 0.25) is 0 Å². The van der Waals surface area contributed by atoms with Crippen molar-refractivity contribution in [3.8, 4) is 6.07 Å². The highest BCUT2D eigenvalue weighted by Gasteiger charge is 2.35. The average Bonchev–Trinajstić information content (AvgIpc) is 2.97. The van der Waals surface area contributed by atoms with Gasteiger partial charge >= 0.3 is 0 Å². The van der Waals surface area contributed by atoms with E-state index in [-0.39, 0.29) is 0 Å². The van der Waals surface area contributed by atoms with E-state index in [9.17, 15) is 0 Å². The van der Waals surface area contributed by atoms with Crippen LogP contribution in [0.4, 0.5) is 5.69 Å². The molecule has 0 radical (unpaired) electrons. The van der Waals surface area contributed by atoms with E-state index in [4.69, 9.17) is 5.26 Å². The Hall–Kier alpha value is -1.49. The summed E-state index contributed by atoms with van der Waals surface area (Å²) in [4.78, 5) is 0. The van der Waals surface area contributed by atoms with Crippen LogP contribution in [0, 0.1) is 24.2 Å². The maximum absolute atomic E-state index is 8.98. The van der Waals surface area contributed by atoms with Crippen LogP contribution in [-0.2, 0) is 0 Å². The second kappa shape index (κ2) is 3.94. The van der Waals surface area contributed by atoms with E-state index in [1.165, 1.54) is 18.4 Å². The van der Waals surface area contributed by atoms with Crippen molar-refractivity contribution in [3.63, 3.8) is 0 Å². The van der Waals surface area contributed by atoms with Gasteiger partial charge in [0.15, 0.2) is 0 Å². The number of rotatable bonds is 3. The largest absolute Gasteiger partial charge is 0.381 e. The van der Waals surface area contributed by atoms with Gasteiger partial charge in [-0.3, -0.25) is 0 Å². The van der Waals surface area contributed by atoms with Gasteiger partial charge in [0.1, 0.15) is 6.07 Å². The lowest BCUT2D eigenvalue weighted by Gasteiger charge is -2.08. The average molecular weight is 200 g/mol. The molecule has 1 fully saturated rings. The Morgan fingerprint density at radius 3 is 2.93 bits per heavy atom. The third-order valence-electron chi connectivity index (χ3n) is 3.08. The highest BCUT2D eigenvalue weighted by molar-refractivity contribution is 5.59. The quantitative estimate of drug-likeness (QED) is 0.813. The second-order valence-electron chi connectivity index (χ2n) is 4.32. The van der Waals surface area contributed by atoms with Crippen molar-refractivity contribution in [2.24, 2.45) is 5.92 Å². The number of aryl methyl sites for hydroxylation is 1. The molecule has 0 bridgehead atoms. The molecule has 0 heterocycles. The molecule has 2 unspecified atom stereocenters. The molecule has 0 spiro atoms. The van der Waals surface area contributed by atoms with E-state index in [2.05, 4.69) is 31.3 Å². The first-order chi connectivity index (χ1) is 7.24. The number of hydrogen-bond donors (Lipinski definition) is 1. The first-order valence-corrected chi connectivity index (χ1v) is 5.52. The number of anilines is 1. The van der Waals surface area contributed by atoms with Crippen molar-refractivity contribution in [1.29, 1.82) is 5.26 Å². The van der Waals surface area contributed by atoms with Gasteiger partial charge in [-0.1, -0.05) is 19.4 Å². The summed E-state index contributed by atoms with van der Waals surface area (Å²) in [5.41, 5.74) is 2.95. The predicted octanol–water partition coefficient (Wildman–Crippen LogP) is 3.08. The molecule has 1 aliphatic carbocycles. The Morgan fingerprint density at radius 1 is 1.53 bits per heavy atom. The van der Waals surface area contributed by atoms with Crippen LogP contribution in [0.25, 0.3) is 0 Å². The maximum atomic E-state index is 8.98. The van der Waals surface area contributed by atoms with Crippen LogP contribution in [0.2, 0.25) is 0 Å². The smallest absolute Gasteiger partial charge is 0.101 e. The van der Waals surface area contributed by atoms with Crippen molar-refractivity contribution in [3.05, 3.63) is 29.3 Å². The minimum absolute atomic E-state index is 0.587. The molecule has 2 nitrogen and oxygen atoms in total. The van der Waals surface area contributed by atoms with Crippen LogP contribution in [0.5, 0.6) is 0 Å². The Bertz CT molecular complexity index is 403. The summed E-state index contributed by atoms with van der Waals surface area (Å²) in [7, 11) is 0. The third kappa shape index (κ3) is 2.12. The van der Waals surface area contributed by atoms with Gasteiger partial charge in [-0.2, -0.15) is 5.26 Å². The monoisotopic (exact) mass is 200 g/mol. The zero-order chi connectivity index (χ0) is 10.8. The van der Waals surface area contributed by atoms with Gasteiger partial charge in [-0.05, 0) is 37.0 Å². The Labute approximate surface area is 90.9 Å². The first-order valence-electron chi connectivity index (χ1n) is 5.52. The fourth-order valence-corrected chi connectivity index (χ4v) is 1.95. The predicted molar refractivity (Wildman–Crippen MR) is 61.7 cm³/mol. The number of hydrogen-bond acceptors (Lipinski definition) is 2. The topological polar surface area (TPSA) is 35.8 Å². The van der Waals surface area contributed by atoms with Gasteiger partial charge in [0.25, 0.3) is 0 Å². The van der Waals surface area contributed by atoms with Gasteiger partial charge in [-0.15, -0.1) is 0 Å². The van der Waals surface area contributed by atoms with Crippen LogP contribution in [0.15, 0.2) is 18.2 Å². The van der Waals surface area contributed by atoms with E-state index < -0.39 is 0 Å². The van der Waals surface area contributed by atoms with Gasteiger partial charge in [0.05, 0.1) is 11.3 Å². The summed E-state index contributed by atoms with van der Waals surface area (Å²) < 4.78 is 0. The summed E-state index contributed by atoms with van der Waals surface area (Å²) in [6.45, 7) is 4.27. The van der Waals surface area contributed by atoms with E-state index >= 15 is 0 Å². The molecular formula is C13H16N2. The van der Waals surface area contributed by atoms with Crippen molar-refractivity contribution in [1.82, 2.24) is 0 Å². The molecule has 2 rings (SSSR count). The minimum Gasteiger partial charge on any atom is -0.381 e. The zero-order valence-corrected chi connectivity index (χ0v) is 9.25. The van der Waals surface area contributed by atoms with Crippen LogP contribution < -0.4 is 5.32 Å². The van der Waals surface area contributed by atoms with Crippen molar-refractivity contribution in [2.75, 3.05) is 5.32 Å². The fourth-order valence-electron chi connectivity index (χ4n) is 1.95. The molecular weight excluding hydrogens is 184 g/mol. The molecule has 2 heteroatoms. The molecule has 1 N–H and O–H groups in total. The van der Waals surface area contributed by atoms with Gasteiger partial charge in [-0.25, -0.2) is 0 Å². The Kier molecular flexibility index (Phi) is 2.64. The summed E-state index contributed by atoms with van der Waals surface area (Å²) in [5, 5.41) is 12.4. The van der Waals surface area contributed by atoms with Crippen LogP contribution >= 0.6 is 0 Å². The molecule has 2 atom stereocenters. The summed E-state index contributed by atoms with van der Waals surface area (Å²) in [5.74, 6) is 0.803. The molecule has 0 aliphatic heterocycles. The summed E-state index contributed by atoms with van der Waals surface area (Å²) in [6, 6.07) is 8.74. The van der Waals surface area contributed by atoms with Crippen LogP contribution in [-0.4, -0.2) is 6.04 Å². The van der Waals surface area contributed by atoms with E-state index in [1.807, 2.05) is 12.1 Å². The summed E-state index contributed by atoms with van der Waals surface area (Å²) >= 11 is 0. The Balaban J connectivity index is 2.14. The lowest BCUT2D eigenvalue weighted by atomic mass is 10.1. The number of nitrogens with one attached hydrogen (secondary N) is 1. The van der Waals surface area contributed by atoms with Gasteiger partial charge < -0.3 is 5.32 Å². The lowest BCUT2D eigenvalue weighted by molar-refractivity contribution is 0.775. The highest BCUT2D eigenvalue weighted by Crippen LogP contribution is 2.36. The third-order valence-corrected chi connectivity index (χ3v) is 3.08. The molecule has 15 heavy (non-hydrogen) atoms. The zero-order valence-electron chi connectivity index (χ0n) is 9.25. The van der Waals surface area contributed by atoms with E-state index in [0.717, 1.165) is 17.2 Å². The van der Waals surface area contributed by atoms with E-state index in [1.54, 1.807) is 0 Å². The fraction of sp³-hybridized carbons (Fsp3) is 0.462. The van der Waals surface area contributed by atoms with Crippen molar-refractivity contribution >= 4 is 5.69 Å². The van der Waals surface area contributed by atoms with Crippen LogP contribution in [0.3, 0.4) is 0 Å². The minimum atomic E-state index is 0.587. The number of nitrogens with zero attached hydrogens (tertiary/aromatic N) is 1. The molecule has 1 aliphatic rings. The molecule has 0 saturated heterocycles. The summed E-state index contributed by atoms with van der Waals surface area (Å²) in [6.07, 6.45) is 2.47. The lowest BCUT2D eigenvalue weighted by Crippen LogP contribution is -2.06. The van der Waals surface area contributed by atoms with Crippen molar-refractivity contribution < 1.29 is 0 Å². The molecule has 1 aromatic rings. The molecule has 1 aromatic carbocycles. The molecule has 1 saturated carbocycles. The maximum Gasteiger partial charge on any atom is 0.101 e. The normalized spacial score (nSPS) is 23.3. The standard InChI is InChI=1S/C13H16N2/c1-3-10-7-13(10)15-12-6-9(2)4-5-11(12)8-14/h4-6,10,13,15H,3,7H2,1-2H3. The number of benzene rings is 1. The SMILES string of the molecule is CCC1CC1Nc1cc(C)ccc1C#N. The second-order valence-corrected chi connectivity index (χ2v) is 4.32. The molecule has 0 amide bonds. The highest BCUT2D eigenvalue weighted by atomic mass is 15.0. The van der Waals surface area contributed by atoms with E-state index in [0.29, 0.717) is 6.04 Å². The van der Waals surface area contributed by atoms with Gasteiger partial charge in [0, 0.05) is 6.04 Å². The molecule has 78 valence electrons. The number of nitriles is 1. The molecule has 0 aromatic heterocycles.